The number of amides is 1. The summed E-state index contributed by atoms with van der Waals surface area (Å²) in [5.41, 5.74) is 6.78. The van der Waals surface area contributed by atoms with Crippen molar-refractivity contribution >= 4 is 47.4 Å². The van der Waals surface area contributed by atoms with Gasteiger partial charge in [-0.25, -0.2) is 0 Å². The smallest absolute Gasteiger partial charge is 0.227 e. The molecule has 0 radical (unpaired) electrons. The van der Waals surface area contributed by atoms with Crippen LogP contribution in [-0.4, -0.2) is 17.2 Å². The number of anilines is 1. The van der Waals surface area contributed by atoms with Crippen molar-refractivity contribution in [2.75, 3.05) is 5.32 Å². The molecular formula is C16H24Cl2N2OS. The van der Waals surface area contributed by atoms with E-state index in [4.69, 9.17) is 17.3 Å². The molecule has 1 amide bonds. The van der Waals surface area contributed by atoms with Gasteiger partial charge in [0.2, 0.25) is 5.91 Å². The number of nitrogens with two attached hydrogens (primary N) is 1. The van der Waals surface area contributed by atoms with Gasteiger partial charge in [-0.3, -0.25) is 4.79 Å². The van der Waals surface area contributed by atoms with E-state index < -0.39 is 0 Å². The molecule has 1 fully saturated rings. The number of hydrogen-bond donors (Lipinski definition) is 2. The number of nitrogens with one attached hydrogen (secondary N) is 1. The standard InChI is InChI=1S/C16H23ClN2OS.ClH/c1-10(2)21-15-7-6-12(17)9-14(15)19-16(20)11-4-3-5-13(18)8-11;/h6-7,9-11,13H,3-5,8,18H2,1-2H3,(H,19,20);1H. The van der Waals surface area contributed by atoms with E-state index in [1.165, 1.54) is 0 Å². The van der Waals surface area contributed by atoms with Gasteiger partial charge >= 0.3 is 0 Å². The number of carbonyl (C=O) groups excluding carboxylic acids is 1. The summed E-state index contributed by atoms with van der Waals surface area (Å²) < 4.78 is 0. The van der Waals surface area contributed by atoms with Crippen LogP contribution in [0.5, 0.6) is 0 Å². The van der Waals surface area contributed by atoms with Gasteiger partial charge in [0.25, 0.3) is 0 Å². The molecule has 1 saturated carbocycles. The van der Waals surface area contributed by atoms with Crippen LogP contribution < -0.4 is 11.1 Å². The molecule has 2 rings (SSSR count). The lowest BCUT2D eigenvalue weighted by atomic mass is 9.85. The van der Waals surface area contributed by atoms with Gasteiger partial charge in [-0.1, -0.05) is 31.9 Å². The molecule has 1 aromatic rings. The van der Waals surface area contributed by atoms with Crippen LogP contribution in [0.15, 0.2) is 23.1 Å². The fourth-order valence-corrected chi connectivity index (χ4v) is 3.72. The maximum absolute atomic E-state index is 12.4. The normalized spacial score (nSPS) is 21.3. The molecule has 3 N–H and O–H groups in total. The third-order valence-electron chi connectivity index (χ3n) is 3.65. The molecule has 1 aliphatic carbocycles. The van der Waals surface area contributed by atoms with E-state index in [0.29, 0.717) is 10.3 Å². The van der Waals surface area contributed by atoms with Crippen LogP contribution in [-0.2, 0) is 4.79 Å². The van der Waals surface area contributed by atoms with E-state index in [9.17, 15) is 4.79 Å². The number of thioether (sulfide) groups is 1. The Kier molecular flexibility index (Phi) is 8.04. The summed E-state index contributed by atoms with van der Waals surface area (Å²) in [5.74, 6) is 0.0858. The molecule has 2 unspecified atom stereocenters. The zero-order valence-corrected chi connectivity index (χ0v) is 15.4. The molecule has 0 heterocycles. The Morgan fingerprint density at radius 1 is 1.41 bits per heavy atom. The summed E-state index contributed by atoms with van der Waals surface area (Å²) in [6, 6.07) is 5.80. The molecular weight excluding hydrogens is 339 g/mol. The molecule has 6 heteroatoms. The van der Waals surface area contributed by atoms with Gasteiger partial charge < -0.3 is 11.1 Å². The van der Waals surface area contributed by atoms with Crippen LogP contribution in [0.25, 0.3) is 0 Å². The van der Waals surface area contributed by atoms with E-state index in [1.54, 1.807) is 11.8 Å². The Hall–Kier alpha value is -0.420. The summed E-state index contributed by atoms with van der Waals surface area (Å²) >= 11 is 7.79. The highest BCUT2D eigenvalue weighted by atomic mass is 35.5. The largest absolute Gasteiger partial charge is 0.328 e. The maximum Gasteiger partial charge on any atom is 0.227 e. The molecule has 3 nitrogen and oxygen atoms in total. The fraction of sp³-hybridized carbons (Fsp3) is 0.562. The van der Waals surface area contributed by atoms with Crippen molar-refractivity contribution in [2.45, 2.75) is 55.7 Å². The minimum Gasteiger partial charge on any atom is -0.328 e. The van der Waals surface area contributed by atoms with Crippen LogP contribution in [0.1, 0.15) is 39.5 Å². The van der Waals surface area contributed by atoms with Crippen molar-refractivity contribution in [3.63, 3.8) is 0 Å². The summed E-state index contributed by atoms with van der Waals surface area (Å²) in [7, 11) is 0. The summed E-state index contributed by atoms with van der Waals surface area (Å²) in [5, 5.41) is 4.13. The molecule has 1 aromatic carbocycles. The molecule has 0 spiro atoms. The molecule has 0 aromatic heterocycles. The monoisotopic (exact) mass is 362 g/mol. The highest BCUT2D eigenvalue weighted by Gasteiger charge is 2.25. The van der Waals surface area contributed by atoms with Gasteiger partial charge in [0.1, 0.15) is 0 Å². The number of benzene rings is 1. The SMILES string of the molecule is CC(C)Sc1ccc(Cl)cc1NC(=O)C1CCCC(N)C1.Cl. The number of carbonyl (C=O) groups is 1. The maximum atomic E-state index is 12.4. The van der Waals surface area contributed by atoms with E-state index >= 15 is 0 Å². The van der Waals surface area contributed by atoms with Crippen LogP contribution in [0.2, 0.25) is 5.02 Å². The lowest BCUT2D eigenvalue weighted by Crippen LogP contribution is -2.34. The van der Waals surface area contributed by atoms with E-state index in [-0.39, 0.29) is 30.3 Å². The second-order valence-corrected chi connectivity index (χ2v) is 7.97. The third kappa shape index (κ3) is 5.65. The average Bonchev–Trinajstić information content (AvgIpc) is 2.41. The van der Waals surface area contributed by atoms with Crippen LogP contribution in [0.4, 0.5) is 5.69 Å². The summed E-state index contributed by atoms with van der Waals surface area (Å²) in [6.07, 6.45) is 3.75. The minimum atomic E-state index is 0. The van der Waals surface area contributed by atoms with Crippen molar-refractivity contribution in [1.29, 1.82) is 0 Å². The Bertz CT molecular complexity index is 511. The summed E-state index contributed by atoms with van der Waals surface area (Å²) in [6.45, 7) is 4.26. The van der Waals surface area contributed by atoms with Crippen molar-refractivity contribution in [3.8, 4) is 0 Å². The van der Waals surface area contributed by atoms with Gasteiger partial charge in [0, 0.05) is 27.1 Å². The van der Waals surface area contributed by atoms with Gasteiger partial charge in [-0.05, 0) is 37.5 Å². The first-order valence-corrected chi connectivity index (χ1v) is 8.74. The van der Waals surface area contributed by atoms with Gasteiger partial charge in [-0.2, -0.15) is 0 Å². The van der Waals surface area contributed by atoms with Gasteiger partial charge in [0.15, 0.2) is 0 Å². The van der Waals surface area contributed by atoms with Crippen molar-refractivity contribution < 1.29 is 4.79 Å². The molecule has 1 aliphatic rings. The summed E-state index contributed by atoms with van der Waals surface area (Å²) in [4.78, 5) is 13.5. The Morgan fingerprint density at radius 3 is 2.77 bits per heavy atom. The zero-order valence-electron chi connectivity index (χ0n) is 13.0. The van der Waals surface area contributed by atoms with E-state index in [0.717, 1.165) is 36.3 Å². The van der Waals surface area contributed by atoms with E-state index in [2.05, 4.69) is 19.2 Å². The second-order valence-electron chi connectivity index (χ2n) is 5.92. The molecule has 2 atom stereocenters. The first-order chi connectivity index (χ1) is 9.95. The zero-order chi connectivity index (χ0) is 15.4. The van der Waals surface area contributed by atoms with Crippen LogP contribution >= 0.6 is 35.8 Å². The highest BCUT2D eigenvalue weighted by Crippen LogP contribution is 2.33. The molecule has 0 bridgehead atoms. The van der Waals surface area contributed by atoms with Crippen molar-refractivity contribution in [3.05, 3.63) is 23.2 Å². The van der Waals surface area contributed by atoms with Gasteiger partial charge in [0.05, 0.1) is 5.69 Å². The number of rotatable bonds is 4. The fourth-order valence-electron chi connectivity index (χ4n) is 2.66. The first kappa shape index (κ1) is 19.6. The molecule has 0 aliphatic heterocycles. The van der Waals surface area contributed by atoms with E-state index in [1.807, 2.05) is 18.2 Å². The topological polar surface area (TPSA) is 55.1 Å². The second kappa shape index (κ2) is 9.02. The Morgan fingerprint density at radius 2 is 2.14 bits per heavy atom. The Labute approximate surface area is 148 Å². The lowest BCUT2D eigenvalue weighted by molar-refractivity contribution is -0.120. The quantitative estimate of drug-likeness (QED) is 0.761. The van der Waals surface area contributed by atoms with Crippen molar-refractivity contribution in [1.82, 2.24) is 0 Å². The first-order valence-electron chi connectivity index (χ1n) is 7.48. The van der Waals surface area contributed by atoms with Crippen LogP contribution in [0.3, 0.4) is 0 Å². The lowest BCUT2D eigenvalue weighted by Gasteiger charge is -2.26. The molecule has 0 saturated heterocycles. The predicted molar refractivity (Wildman–Crippen MR) is 98.3 cm³/mol. The Balaban J connectivity index is 0.00000242. The minimum absolute atomic E-state index is 0. The average molecular weight is 363 g/mol. The van der Waals surface area contributed by atoms with Crippen LogP contribution in [0, 0.1) is 5.92 Å². The predicted octanol–water partition coefficient (Wildman–Crippen LogP) is 4.72. The number of halogens is 2. The van der Waals surface area contributed by atoms with Crippen molar-refractivity contribution in [2.24, 2.45) is 11.7 Å². The highest BCUT2D eigenvalue weighted by molar-refractivity contribution is 8.00. The van der Waals surface area contributed by atoms with Gasteiger partial charge in [-0.15, -0.1) is 24.2 Å². The molecule has 124 valence electrons. The molecule has 22 heavy (non-hydrogen) atoms. The third-order valence-corrected chi connectivity index (χ3v) is 4.96. The number of hydrogen-bond acceptors (Lipinski definition) is 3.